The van der Waals surface area contributed by atoms with E-state index in [1.54, 1.807) is 12.1 Å². The van der Waals surface area contributed by atoms with Crippen LogP contribution in [-0.2, 0) is 13.1 Å². The van der Waals surface area contributed by atoms with Gasteiger partial charge in [-0.1, -0.05) is 38.1 Å². The third-order valence-electron chi connectivity index (χ3n) is 4.75. The molecule has 1 amide bonds. The van der Waals surface area contributed by atoms with E-state index in [1.807, 2.05) is 32.0 Å². The topological polar surface area (TPSA) is 87.5 Å². The van der Waals surface area contributed by atoms with Gasteiger partial charge >= 0.3 is 0 Å². The molecular formula is C22H30N4O3. The van der Waals surface area contributed by atoms with Gasteiger partial charge < -0.3 is 10.6 Å². The third-order valence-corrected chi connectivity index (χ3v) is 4.75. The van der Waals surface area contributed by atoms with E-state index in [4.69, 9.17) is 0 Å². The van der Waals surface area contributed by atoms with E-state index in [-0.39, 0.29) is 23.2 Å². The number of hydrogen-bond donors (Lipinski definition) is 2. The van der Waals surface area contributed by atoms with Crippen LogP contribution >= 0.6 is 0 Å². The van der Waals surface area contributed by atoms with E-state index in [0.717, 1.165) is 25.2 Å². The van der Waals surface area contributed by atoms with E-state index in [2.05, 4.69) is 35.4 Å². The van der Waals surface area contributed by atoms with Crippen LogP contribution in [0.15, 0.2) is 42.5 Å². The molecule has 0 atom stereocenters. The Labute approximate surface area is 172 Å². The van der Waals surface area contributed by atoms with Crippen LogP contribution < -0.4 is 10.6 Å². The van der Waals surface area contributed by atoms with Crippen molar-refractivity contribution in [1.82, 2.24) is 10.2 Å². The van der Waals surface area contributed by atoms with Crippen molar-refractivity contribution in [3.05, 3.63) is 69.3 Å². The predicted octanol–water partition coefficient (Wildman–Crippen LogP) is 4.19. The summed E-state index contributed by atoms with van der Waals surface area (Å²) < 4.78 is 0. The highest BCUT2D eigenvalue weighted by atomic mass is 16.6. The van der Waals surface area contributed by atoms with Gasteiger partial charge in [-0.3, -0.25) is 19.8 Å². The van der Waals surface area contributed by atoms with Crippen molar-refractivity contribution in [2.75, 3.05) is 18.4 Å². The Morgan fingerprint density at radius 3 is 2.34 bits per heavy atom. The molecule has 2 aromatic carbocycles. The normalized spacial score (nSPS) is 11.0. The maximum atomic E-state index is 12.2. The molecule has 0 radical (unpaired) electrons. The number of nitro groups is 1. The molecule has 0 aromatic heterocycles. The summed E-state index contributed by atoms with van der Waals surface area (Å²) >= 11 is 0. The Balaban J connectivity index is 2.21. The first-order valence-corrected chi connectivity index (χ1v) is 9.98. The molecule has 0 aliphatic heterocycles. The van der Waals surface area contributed by atoms with E-state index in [0.29, 0.717) is 12.2 Å². The minimum absolute atomic E-state index is 0.0401. The van der Waals surface area contributed by atoms with Crippen molar-refractivity contribution in [3.8, 4) is 0 Å². The van der Waals surface area contributed by atoms with Gasteiger partial charge in [-0.2, -0.15) is 0 Å². The Morgan fingerprint density at radius 1 is 1.10 bits per heavy atom. The minimum atomic E-state index is -0.462. The Morgan fingerprint density at radius 2 is 1.76 bits per heavy atom. The molecular weight excluding hydrogens is 368 g/mol. The van der Waals surface area contributed by atoms with Crippen molar-refractivity contribution in [3.63, 3.8) is 0 Å². The Bertz CT molecular complexity index is 848. The minimum Gasteiger partial charge on any atom is -0.375 e. The molecule has 0 saturated heterocycles. The summed E-state index contributed by atoms with van der Waals surface area (Å²) in [6, 6.07) is 12.6. The average Bonchev–Trinajstić information content (AvgIpc) is 2.70. The molecule has 29 heavy (non-hydrogen) atoms. The van der Waals surface area contributed by atoms with Gasteiger partial charge in [0.1, 0.15) is 5.69 Å². The van der Waals surface area contributed by atoms with Gasteiger partial charge in [0, 0.05) is 30.8 Å². The number of amides is 1. The van der Waals surface area contributed by atoms with Crippen molar-refractivity contribution in [2.24, 2.45) is 0 Å². The number of rotatable bonds is 10. The third kappa shape index (κ3) is 6.29. The summed E-state index contributed by atoms with van der Waals surface area (Å²) in [6.45, 7) is 11.2. The zero-order valence-corrected chi connectivity index (χ0v) is 17.6. The molecule has 0 bridgehead atoms. The van der Waals surface area contributed by atoms with Crippen LogP contribution in [0.1, 0.15) is 49.2 Å². The molecule has 0 spiro atoms. The Kier molecular flexibility index (Phi) is 8.15. The fourth-order valence-electron chi connectivity index (χ4n) is 3.08. The quantitative estimate of drug-likeness (QED) is 0.463. The molecule has 0 fully saturated rings. The number of anilines is 1. The summed E-state index contributed by atoms with van der Waals surface area (Å²) in [4.78, 5) is 25.6. The maximum Gasteiger partial charge on any atom is 0.293 e. The molecule has 0 unspecified atom stereocenters. The van der Waals surface area contributed by atoms with Crippen LogP contribution in [0.3, 0.4) is 0 Å². The number of carbonyl (C=O) groups is 1. The van der Waals surface area contributed by atoms with Crippen LogP contribution in [0.2, 0.25) is 0 Å². The van der Waals surface area contributed by atoms with Gasteiger partial charge in [0.25, 0.3) is 11.6 Å². The molecule has 2 aromatic rings. The number of nitrogens with zero attached hydrogens (tertiary/aromatic N) is 2. The van der Waals surface area contributed by atoms with Gasteiger partial charge in [0.2, 0.25) is 0 Å². The van der Waals surface area contributed by atoms with Crippen LogP contribution in [0.25, 0.3) is 0 Å². The number of hydrogen-bond acceptors (Lipinski definition) is 5. The SMILES string of the molecule is CCN(CC)Cc1ccccc1CNc1ccc(C(=O)NC(C)C)cc1[N+](=O)[O-]. The number of nitro benzene ring substituents is 1. The lowest BCUT2D eigenvalue weighted by Gasteiger charge is -2.20. The zero-order chi connectivity index (χ0) is 21.4. The van der Waals surface area contributed by atoms with Crippen LogP contribution in [0, 0.1) is 10.1 Å². The predicted molar refractivity (Wildman–Crippen MR) is 116 cm³/mol. The molecule has 7 heteroatoms. The van der Waals surface area contributed by atoms with Gasteiger partial charge in [0.05, 0.1) is 4.92 Å². The molecule has 0 aliphatic rings. The standard InChI is InChI=1S/C22H30N4O3/c1-5-25(6-2)15-19-10-8-7-9-18(19)14-23-20-12-11-17(13-21(20)26(28)29)22(27)24-16(3)4/h7-13,16,23H,5-6,14-15H2,1-4H3,(H,24,27). The smallest absolute Gasteiger partial charge is 0.293 e. The molecule has 7 nitrogen and oxygen atoms in total. The van der Waals surface area contributed by atoms with Gasteiger partial charge in [-0.25, -0.2) is 0 Å². The molecule has 2 N–H and O–H groups in total. The zero-order valence-electron chi connectivity index (χ0n) is 17.6. The second kappa shape index (κ2) is 10.6. The summed E-state index contributed by atoms with van der Waals surface area (Å²) in [6.07, 6.45) is 0. The molecule has 0 aliphatic carbocycles. The highest BCUT2D eigenvalue weighted by Crippen LogP contribution is 2.26. The van der Waals surface area contributed by atoms with Gasteiger partial charge in [-0.05, 0) is 50.2 Å². The molecule has 2 rings (SSSR count). The lowest BCUT2D eigenvalue weighted by Crippen LogP contribution is -2.30. The highest BCUT2D eigenvalue weighted by Gasteiger charge is 2.18. The first-order valence-electron chi connectivity index (χ1n) is 9.98. The largest absolute Gasteiger partial charge is 0.375 e. The second-order valence-electron chi connectivity index (χ2n) is 7.20. The summed E-state index contributed by atoms with van der Waals surface area (Å²) in [5.41, 5.74) is 2.85. The van der Waals surface area contributed by atoms with Gasteiger partial charge in [0.15, 0.2) is 0 Å². The monoisotopic (exact) mass is 398 g/mol. The Hall–Kier alpha value is -2.93. The van der Waals surface area contributed by atoms with Crippen LogP contribution in [0.5, 0.6) is 0 Å². The number of carbonyl (C=O) groups excluding carboxylic acids is 1. The van der Waals surface area contributed by atoms with E-state index < -0.39 is 4.92 Å². The second-order valence-corrected chi connectivity index (χ2v) is 7.20. The van der Waals surface area contributed by atoms with Crippen molar-refractivity contribution in [1.29, 1.82) is 0 Å². The first-order chi connectivity index (χ1) is 13.8. The average molecular weight is 399 g/mol. The molecule has 156 valence electrons. The van der Waals surface area contributed by atoms with Crippen LogP contribution in [0.4, 0.5) is 11.4 Å². The number of benzene rings is 2. The van der Waals surface area contributed by atoms with E-state index >= 15 is 0 Å². The van der Waals surface area contributed by atoms with Crippen molar-refractivity contribution >= 4 is 17.3 Å². The van der Waals surface area contributed by atoms with Crippen molar-refractivity contribution < 1.29 is 9.72 Å². The van der Waals surface area contributed by atoms with E-state index in [9.17, 15) is 14.9 Å². The highest BCUT2D eigenvalue weighted by molar-refractivity contribution is 5.95. The van der Waals surface area contributed by atoms with Crippen LogP contribution in [-0.4, -0.2) is 34.9 Å². The van der Waals surface area contributed by atoms with E-state index in [1.165, 1.54) is 11.6 Å². The lowest BCUT2D eigenvalue weighted by molar-refractivity contribution is -0.384. The summed E-state index contributed by atoms with van der Waals surface area (Å²) in [5, 5.41) is 17.5. The number of nitrogens with one attached hydrogen (secondary N) is 2. The molecule has 0 saturated carbocycles. The maximum absolute atomic E-state index is 12.2. The lowest BCUT2D eigenvalue weighted by atomic mass is 10.1. The fraction of sp³-hybridized carbons (Fsp3) is 0.409. The first kappa shape index (κ1) is 22.4. The fourth-order valence-corrected chi connectivity index (χ4v) is 3.08. The van der Waals surface area contributed by atoms with Gasteiger partial charge in [-0.15, -0.1) is 0 Å². The summed E-state index contributed by atoms with van der Waals surface area (Å²) in [7, 11) is 0. The van der Waals surface area contributed by atoms with Crippen molar-refractivity contribution in [2.45, 2.75) is 46.8 Å². The molecule has 0 heterocycles. The summed E-state index contributed by atoms with van der Waals surface area (Å²) in [5.74, 6) is -0.320.